The van der Waals surface area contributed by atoms with Crippen molar-refractivity contribution in [3.8, 4) is 11.5 Å². The summed E-state index contributed by atoms with van der Waals surface area (Å²) in [5, 5.41) is 11.4. The van der Waals surface area contributed by atoms with E-state index >= 15 is 0 Å². The zero-order valence-electron chi connectivity index (χ0n) is 21.7. The number of unbranched alkanes of at least 4 members (excludes halogenated alkanes) is 1. The maximum atomic E-state index is 13.3. The summed E-state index contributed by atoms with van der Waals surface area (Å²) < 4.78 is 16.6. The number of carbonyl (C=O) groups excluding carboxylic acids is 2. The highest BCUT2D eigenvalue weighted by molar-refractivity contribution is 6.46. The fourth-order valence-electron chi connectivity index (χ4n) is 4.78. The van der Waals surface area contributed by atoms with Crippen LogP contribution in [0.2, 0.25) is 0 Å². The van der Waals surface area contributed by atoms with Gasteiger partial charge in [0.1, 0.15) is 17.3 Å². The van der Waals surface area contributed by atoms with Gasteiger partial charge in [-0.05, 0) is 42.7 Å². The highest BCUT2D eigenvalue weighted by atomic mass is 16.5. The molecule has 37 heavy (non-hydrogen) atoms. The van der Waals surface area contributed by atoms with Crippen LogP contribution in [0.1, 0.15) is 43.4 Å². The molecule has 1 N–H and O–H groups in total. The van der Waals surface area contributed by atoms with Gasteiger partial charge in [-0.3, -0.25) is 14.5 Å². The van der Waals surface area contributed by atoms with Crippen molar-refractivity contribution in [1.82, 2.24) is 9.80 Å². The molecule has 2 heterocycles. The number of hydrogen-bond acceptors (Lipinski definition) is 7. The summed E-state index contributed by atoms with van der Waals surface area (Å²) in [5.74, 6) is -0.276. The first-order valence-corrected chi connectivity index (χ1v) is 13.0. The van der Waals surface area contributed by atoms with Gasteiger partial charge in [-0.15, -0.1) is 0 Å². The summed E-state index contributed by atoms with van der Waals surface area (Å²) in [6, 6.07) is 13.6. The molecule has 1 amide bonds. The zero-order chi connectivity index (χ0) is 26.2. The molecule has 0 radical (unpaired) electrons. The third-order valence-electron chi connectivity index (χ3n) is 6.80. The number of amides is 1. The van der Waals surface area contributed by atoms with Crippen molar-refractivity contribution in [1.29, 1.82) is 0 Å². The predicted octanol–water partition coefficient (Wildman–Crippen LogP) is 4.02. The van der Waals surface area contributed by atoms with Gasteiger partial charge >= 0.3 is 0 Å². The van der Waals surface area contributed by atoms with Crippen molar-refractivity contribution in [3.05, 3.63) is 65.2 Å². The van der Waals surface area contributed by atoms with Gasteiger partial charge in [0.15, 0.2) is 0 Å². The number of likely N-dealkylation sites (tertiary alicyclic amines) is 1. The normalized spacial score (nSPS) is 19.8. The Kier molecular flexibility index (Phi) is 9.19. The van der Waals surface area contributed by atoms with Crippen LogP contribution in [0.3, 0.4) is 0 Å². The molecule has 1 unspecified atom stereocenters. The molecule has 8 heteroatoms. The van der Waals surface area contributed by atoms with E-state index in [0.717, 1.165) is 32.5 Å². The maximum Gasteiger partial charge on any atom is 0.295 e. The van der Waals surface area contributed by atoms with E-state index in [0.29, 0.717) is 55.4 Å². The van der Waals surface area contributed by atoms with E-state index in [1.54, 1.807) is 30.2 Å². The number of carbonyl (C=O) groups is 2. The first-order valence-electron chi connectivity index (χ1n) is 13.0. The van der Waals surface area contributed by atoms with Crippen LogP contribution in [0.5, 0.6) is 11.5 Å². The average Bonchev–Trinajstić information content (AvgIpc) is 3.18. The van der Waals surface area contributed by atoms with E-state index in [1.807, 2.05) is 30.3 Å². The molecule has 2 aliphatic rings. The summed E-state index contributed by atoms with van der Waals surface area (Å²) in [6.07, 6.45) is 2.63. The molecule has 0 saturated carbocycles. The number of Topliss-reactive ketones (excluding diaryl/α,β-unsaturated/α-hetero) is 1. The molecule has 2 aromatic rings. The molecule has 0 bridgehead atoms. The first kappa shape index (κ1) is 26.7. The molecule has 2 aliphatic heterocycles. The van der Waals surface area contributed by atoms with Gasteiger partial charge in [-0.2, -0.15) is 0 Å². The number of nitrogens with zero attached hydrogens (tertiary/aromatic N) is 2. The van der Waals surface area contributed by atoms with Crippen molar-refractivity contribution < 1.29 is 28.9 Å². The number of hydrogen-bond donors (Lipinski definition) is 1. The van der Waals surface area contributed by atoms with Gasteiger partial charge in [0.05, 0.1) is 38.5 Å². The number of rotatable bonds is 11. The summed E-state index contributed by atoms with van der Waals surface area (Å²) in [7, 11) is 1.57. The number of ketones is 1. The second-order valence-corrected chi connectivity index (χ2v) is 9.31. The number of aliphatic hydroxyl groups is 1. The van der Waals surface area contributed by atoms with Crippen molar-refractivity contribution >= 4 is 17.4 Å². The van der Waals surface area contributed by atoms with Crippen LogP contribution in [0, 0.1) is 0 Å². The molecular formula is C29H36N2O6. The van der Waals surface area contributed by atoms with Gasteiger partial charge in [0.2, 0.25) is 0 Å². The molecular weight excluding hydrogens is 472 g/mol. The second-order valence-electron chi connectivity index (χ2n) is 9.31. The first-order chi connectivity index (χ1) is 18.0. The van der Waals surface area contributed by atoms with Crippen molar-refractivity contribution in [2.45, 2.75) is 32.2 Å². The van der Waals surface area contributed by atoms with Crippen molar-refractivity contribution in [3.63, 3.8) is 0 Å². The topological polar surface area (TPSA) is 88.5 Å². The Balaban J connectivity index is 1.66. The minimum Gasteiger partial charge on any atom is -0.507 e. The SMILES string of the molecule is CCCCOc1cccc(/C(O)=C2\C(=O)C(=O)N(CCCN3CCOCC3)C2c2cccc(OC)c2)c1. The molecule has 4 rings (SSSR count). The van der Waals surface area contributed by atoms with E-state index in [9.17, 15) is 14.7 Å². The van der Waals surface area contributed by atoms with Crippen LogP contribution in [-0.4, -0.2) is 79.7 Å². The summed E-state index contributed by atoms with van der Waals surface area (Å²) in [4.78, 5) is 30.5. The number of methoxy groups -OCH3 is 1. The maximum absolute atomic E-state index is 13.3. The standard InChI is InChI=1S/C29H36N2O6/c1-3-4-16-37-24-11-6-9-22(20-24)27(32)25-26(21-8-5-10-23(19-21)35-2)31(29(34)28(25)33)13-7-12-30-14-17-36-18-15-30/h5-6,8-11,19-20,26,32H,3-4,7,12-18H2,1-2H3/b27-25+. The summed E-state index contributed by atoms with van der Waals surface area (Å²) in [5.41, 5.74) is 1.23. The lowest BCUT2D eigenvalue weighted by Crippen LogP contribution is -2.38. The quantitative estimate of drug-likeness (QED) is 0.212. The third kappa shape index (κ3) is 6.32. The van der Waals surface area contributed by atoms with Gasteiger partial charge in [0, 0.05) is 31.7 Å². The largest absolute Gasteiger partial charge is 0.507 e. The fraction of sp³-hybridized carbons (Fsp3) is 0.448. The van der Waals surface area contributed by atoms with Gasteiger partial charge in [0.25, 0.3) is 11.7 Å². The summed E-state index contributed by atoms with van der Waals surface area (Å²) >= 11 is 0. The molecule has 2 aromatic carbocycles. The van der Waals surface area contributed by atoms with E-state index in [2.05, 4.69) is 11.8 Å². The van der Waals surface area contributed by atoms with Crippen LogP contribution in [0.4, 0.5) is 0 Å². The molecule has 1 atom stereocenters. The van der Waals surface area contributed by atoms with Crippen LogP contribution in [-0.2, 0) is 14.3 Å². The highest BCUT2D eigenvalue weighted by Crippen LogP contribution is 2.40. The number of ether oxygens (including phenoxy) is 3. The molecule has 8 nitrogen and oxygen atoms in total. The van der Waals surface area contributed by atoms with Crippen LogP contribution in [0.15, 0.2) is 54.1 Å². The monoisotopic (exact) mass is 508 g/mol. The molecule has 2 saturated heterocycles. The molecule has 0 aromatic heterocycles. The minimum absolute atomic E-state index is 0.0790. The Morgan fingerprint density at radius 1 is 1.03 bits per heavy atom. The number of morpholine rings is 1. The molecule has 2 fully saturated rings. The predicted molar refractivity (Wildman–Crippen MR) is 141 cm³/mol. The second kappa shape index (κ2) is 12.7. The molecule has 198 valence electrons. The van der Waals surface area contributed by atoms with Crippen molar-refractivity contribution in [2.75, 3.05) is 53.1 Å². The lowest BCUT2D eigenvalue weighted by atomic mass is 9.95. The lowest BCUT2D eigenvalue weighted by molar-refractivity contribution is -0.140. The van der Waals surface area contributed by atoms with E-state index in [1.165, 1.54) is 0 Å². The van der Waals surface area contributed by atoms with Gasteiger partial charge in [-0.1, -0.05) is 37.6 Å². The van der Waals surface area contributed by atoms with Crippen molar-refractivity contribution in [2.24, 2.45) is 0 Å². The fourth-order valence-corrected chi connectivity index (χ4v) is 4.78. The minimum atomic E-state index is -0.718. The Labute approximate surface area is 218 Å². The van der Waals surface area contributed by atoms with Gasteiger partial charge < -0.3 is 24.2 Å². The van der Waals surface area contributed by atoms with Gasteiger partial charge in [-0.25, -0.2) is 0 Å². The molecule has 0 spiro atoms. The Hall–Kier alpha value is -3.36. The number of benzene rings is 2. The summed E-state index contributed by atoms with van der Waals surface area (Å²) in [6.45, 7) is 6.96. The zero-order valence-corrected chi connectivity index (χ0v) is 21.7. The lowest BCUT2D eigenvalue weighted by Gasteiger charge is -2.29. The third-order valence-corrected chi connectivity index (χ3v) is 6.80. The van der Waals surface area contributed by atoms with Crippen LogP contribution < -0.4 is 9.47 Å². The Morgan fingerprint density at radius 3 is 2.54 bits per heavy atom. The Bertz CT molecular complexity index is 1120. The van der Waals surface area contributed by atoms with Crippen LogP contribution in [0.25, 0.3) is 5.76 Å². The highest BCUT2D eigenvalue weighted by Gasteiger charge is 2.46. The van der Waals surface area contributed by atoms with Crippen LogP contribution >= 0.6 is 0 Å². The van der Waals surface area contributed by atoms with E-state index < -0.39 is 17.7 Å². The number of aliphatic hydroxyl groups excluding tert-OH is 1. The smallest absolute Gasteiger partial charge is 0.295 e. The average molecular weight is 509 g/mol. The van der Waals surface area contributed by atoms with E-state index in [-0.39, 0.29) is 11.3 Å². The van der Waals surface area contributed by atoms with E-state index in [4.69, 9.17) is 14.2 Å². The Morgan fingerprint density at radius 2 is 1.78 bits per heavy atom. The molecule has 0 aliphatic carbocycles.